The molecule has 2 amide bonds. The molecule has 0 aliphatic heterocycles. The van der Waals surface area contributed by atoms with Crippen molar-refractivity contribution < 1.29 is 17.9 Å². The normalized spacial score (nSPS) is 19.8. The lowest BCUT2D eigenvalue weighted by Crippen LogP contribution is -2.30. The molecule has 0 radical (unpaired) electrons. The summed E-state index contributed by atoms with van der Waals surface area (Å²) in [6.07, 6.45) is 6.24. The monoisotopic (exact) mass is 403 g/mol. The Morgan fingerprint density at radius 1 is 1.14 bits per heavy atom. The molecule has 8 heteroatoms. The highest BCUT2D eigenvalue weighted by Crippen LogP contribution is 2.30. The number of methoxy groups -OCH3 is 1. The number of anilines is 1. The smallest absolute Gasteiger partial charge is 0.319 e. The molecule has 1 aromatic carbocycles. The van der Waals surface area contributed by atoms with Crippen LogP contribution in [0.15, 0.2) is 53.7 Å². The minimum Gasteiger partial charge on any atom is -0.381 e. The summed E-state index contributed by atoms with van der Waals surface area (Å²) in [5.41, 5.74) is 1.42. The number of rotatable bonds is 6. The first-order chi connectivity index (χ1) is 13.5. The van der Waals surface area contributed by atoms with Gasteiger partial charge in [0.1, 0.15) is 0 Å². The van der Waals surface area contributed by atoms with Gasteiger partial charge in [-0.3, -0.25) is 4.98 Å². The standard InChI is InChI=1S/C20H25N3O4S/c1-27-17-6-10-19(11-7-17)28(25,26)18-8-4-16(5-9-18)23-20(24)22-14-15-3-2-12-21-13-15/h2-5,8-9,12-13,17,19H,6-7,10-11,14H2,1H3,(H2,22,23,24). The number of carbonyl (C=O) groups excluding carboxylic acids is 1. The lowest BCUT2D eigenvalue weighted by Gasteiger charge is -2.27. The van der Waals surface area contributed by atoms with Crippen LogP contribution in [0.4, 0.5) is 10.5 Å². The molecule has 7 nitrogen and oxygen atoms in total. The van der Waals surface area contributed by atoms with Gasteiger partial charge in [0.05, 0.1) is 16.2 Å². The minimum absolute atomic E-state index is 0.156. The fourth-order valence-electron chi connectivity index (χ4n) is 3.36. The van der Waals surface area contributed by atoms with Gasteiger partial charge in [0, 0.05) is 31.7 Å². The van der Waals surface area contributed by atoms with E-state index in [1.807, 2.05) is 6.07 Å². The first-order valence-corrected chi connectivity index (χ1v) is 10.8. The van der Waals surface area contributed by atoms with E-state index in [4.69, 9.17) is 4.74 Å². The van der Waals surface area contributed by atoms with Crippen LogP contribution in [0, 0.1) is 0 Å². The molecule has 1 heterocycles. The molecule has 2 N–H and O–H groups in total. The van der Waals surface area contributed by atoms with E-state index >= 15 is 0 Å². The van der Waals surface area contributed by atoms with E-state index in [0.29, 0.717) is 25.1 Å². The predicted molar refractivity (Wildman–Crippen MR) is 107 cm³/mol. The molecule has 1 saturated carbocycles. The summed E-state index contributed by atoms with van der Waals surface area (Å²) in [6, 6.07) is 9.62. The number of nitrogens with zero attached hydrogens (tertiary/aromatic N) is 1. The fourth-order valence-corrected chi connectivity index (χ4v) is 5.15. The van der Waals surface area contributed by atoms with Crippen LogP contribution >= 0.6 is 0 Å². The van der Waals surface area contributed by atoms with Crippen molar-refractivity contribution >= 4 is 21.6 Å². The van der Waals surface area contributed by atoms with Crippen LogP contribution in [0.2, 0.25) is 0 Å². The zero-order chi connectivity index (χ0) is 20.0. The highest BCUT2D eigenvalue weighted by molar-refractivity contribution is 7.92. The summed E-state index contributed by atoms with van der Waals surface area (Å²) < 4.78 is 31.0. The van der Waals surface area contributed by atoms with E-state index in [1.165, 1.54) is 0 Å². The Morgan fingerprint density at radius 2 is 1.86 bits per heavy atom. The summed E-state index contributed by atoms with van der Waals surface area (Å²) in [4.78, 5) is 16.3. The number of hydrogen-bond donors (Lipinski definition) is 2. The number of urea groups is 1. The molecule has 3 rings (SSSR count). The van der Waals surface area contributed by atoms with Crippen LogP contribution in [0.25, 0.3) is 0 Å². The van der Waals surface area contributed by atoms with Crippen LogP contribution in [0.3, 0.4) is 0 Å². The van der Waals surface area contributed by atoms with E-state index in [-0.39, 0.29) is 22.3 Å². The summed E-state index contributed by atoms with van der Waals surface area (Å²) in [5, 5.41) is 5.06. The van der Waals surface area contributed by atoms with Crippen molar-refractivity contribution in [2.45, 2.75) is 48.5 Å². The first kappa shape index (κ1) is 20.3. The van der Waals surface area contributed by atoms with Crippen LogP contribution in [0.5, 0.6) is 0 Å². The van der Waals surface area contributed by atoms with Crippen molar-refractivity contribution in [2.24, 2.45) is 0 Å². The molecule has 0 unspecified atom stereocenters. The summed E-state index contributed by atoms with van der Waals surface area (Å²) in [7, 11) is -1.71. The molecule has 1 aliphatic rings. The molecule has 0 atom stereocenters. The zero-order valence-corrected chi connectivity index (χ0v) is 16.6. The maximum absolute atomic E-state index is 12.8. The van der Waals surface area contributed by atoms with Gasteiger partial charge in [-0.2, -0.15) is 0 Å². The maximum atomic E-state index is 12.8. The van der Waals surface area contributed by atoms with Gasteiger partial charge >= 0.3 is 6.03 Å². The van der Waals surface area contributed by atoms with E-state index < -0.39 is 9.84 Å². The van der Waals surface area contributed by atoms with Gasteiger partial charge < -0.3 is 15.4 Å². The predicted octanol–water partition coefficient (Wildman–Crippen LogP) is 3.13. The molecule has 28 heavy (non-hydrogen) atoms. The Bertz CT molecular complexity index is 877. The van der Waals surface area contributed by atoms with Gasteiger partial charge in [-0.15, -0.1) is 0 Å². The Hall–Kier alpha value is -2.45. The quantitative estimate of drug-likeness (QED) is 0.772. The third-order valence-corrected chi connectivity index (χ3v) is 7.29. The molecule has 150 valence electrons. The number of amides is 2. The number of pyridine rings is 1. The average molecular weight is 404 g/mol. The van der Waals surface area contributed by atoms with Crippen LogP contribution in [-0.4, -0.2) is 37.9 Å². The van der Waals surface area contributed by atoms with Crippen molar-refractivity contribution in [1.82, 2.24) is 10.3 Å². The summed E-state index contributed by atoms with van der Waals surface area (Å²) in [6.45, 7) is 0.357. The van der Waals surface area contributed by atoms with E-state index in [0.717, 1.165) is 18.4 Å². The van der Waals surface area contributed by atoms with Gasteiger partial charge in [-0.25, -0.2) is 13.2 Å². The fraction of sp³-hybridized carbons (Fsp3) is 0.400. The van der Waals surface area contributed by atoms with Crippen molar-refractivity contribution in [3.63, 3.8) is 0 Å². The zero-order valence-electron chi connectivity index (χ0n) is 15.8. The average Bonchev–Trinajstić information content (AvgIpc) is 2.73. The van der Waals surface area contributed by atoms with Gasteiger partial charge in [0.2, 0.25) is 0 Å². The Balaban J connectivity index is 1.56. The number of ether oxygens (including phenoxy) is 1. The van der Waals surface area contributed by atoms with E-state index in [1.54, 1.807) is 49.8 Å². The third kappa shape index (κ3) is 5.08. The molecule has 1 fully saturated rings. The second-order valence-electron chi connectivity index (χ2n) is 6.87. The lowest BCUT2D eigenvalue weighted by atomic mass is 9.97. The third-order valence-electron chi connectivity index (χ3n) is 5.01. The maximum Gasteiger partial charge on any atom is 0.319 e. The SMILES string of the molecule is COC1CCC(S(=O)(=O)c2ccc(NC(=O)NCc3cccnc3)cc2)CC1. The molecule has 2 aromatic rings. The van der Waals surface area contributed by atoms with Gasteiger partial charge in [-0.1, -0.05) is 6.07 Å². The summed E-state index contributed by atoms with van der Waals surface area (Å²) >= 11 is 0. The second-order valence-corrected chi connectivity index (χ2v) is 9.10. The summed E-state index contributed by atoms with van der Waals surface area (Å²) in [5.74, 6) is 0. The first-order valence-electron chi connectivity index (χ1n) is 9.29. The van der Waals surface area contributed by atoms with E-state index in [2.05, 4.69) is 15.6 Å². The number of hydrogen-bond acceptors (Lipinski definition) is 5. The van der Waals surface area contributed by atoms with Crippen molar-refractivity contribution in [3.05, 3.63) is 54.4 Å². The molecular weight excluding hydrogens is 378 g/mol. The van der Waals surface area contributed by atoms with Gasteiger partial charge in [0.15, 0.2) is 9.84 Å². The Kier molecular flexibility index (Phi) is 6.64. The molecule has 0 saturated heterocycles. The van der Waals surface area contributed by atoms with E-state index in [9.17, 15) is 13.2 Å². The molecule has 1 aromatic heterocycles. The Morgan fingerprint density at radius 3 is 2.46 bits per heavy atom. The van der Waals surface area contributed by atoms with Gasteiger partial charge in [0.25, 0.3) is 0 Å². The van der Waals surface area contributed by atoms with Crippen molar-refractivity contribution in [1.29, 1.82) is 0 Å². The number of aromatic nitrogens is 1. The number of benzene rings is 1. The Labute approximate surface area is 165 Å². The molecule has 0 bridgehead atoms. The second kappa shape index (κ2) is 9.16. The highest BCUT2D eigenvalue weighted by Gasteiger charge is 2.32. The van der Waals surface area contributed by atoms with Crippen molar-refractivity contribution in [2.75, 3.05) is 12.4 Å². The molecule has 1 aliphatic carbocycles. The van der Waals surface area contributed by atoms with Crippen LogP contribution < -0.4 is 10.6 Å². The number of sulfone groups is 1. The number of carbonyl (C=O) groups is 1. The van der Waals surface area contributed by atoms with Crippen LogP contribution in [-0.2, 0) is 21.1 Å². The lowest BCUT2D eigenvalue weighted by molar-refractivity contribution is 0.0717. The molecular formula is C20H25N3O4S. The number of nitrogens with one attached hydrogen (secondary N) is 2. The minimum atomic E-state index is -3.38. The topological polar surface area (TPSA) is 97.4 Å². The highest BCUT2D eigenvalue weighted by atomic mass is 32.2. The largest absolute Gasteiger partial charge is 0.381 e. The van der Waals surface area contributed by atoms with Crippen molar-refractivity contribution in [3.8, 4) is 0 Å². The molecule has 0 spiro atoms. The van der Waals surface area contributed by atoms with Gasteiger partial charge in [-0.05, 0) is 61.6 Å². The van der Waals surface area contributed by atoms with Crippen LogP contribution in [0.1, 0.15) is 31.2 Å².